The average Bonchev–Trinajstić information content (AvgIpc) is 2.43. The fourth-order valence-electron chi connectivity index (χ4n) is 1.99. The van der Waals surface area contributed by atoms with E-state index in [1.165, 1.54) is 24.3 Å². The van der Waals surface area contributed by atoms with Gasteiger partial charge in [-0.05, 0) is 30.3 Å². The van der Waals surface area contributed by atoms with Gasteiger partial charge < -0.3 is 5.32 Å². The first-order chi connectivity index (χ1) is 11.2. The SMILES string of the molecule is CS(=O)(=O)N(CC(=O)Nc1cc(Cl)cc(Cl)c1)c1ccccc1Cl. The number of hydrogen-bond donors (Lipinski definition) is 1. The number of rotatable bonds is 5. The van der Waals surface area contributed by atoms with Crippen LogP contribution in [0.3, 0.4) is 0 Å². The van der Waals surface area contributed by atoms with Crippen LogP contribution in [0.4, 0.5) is 11.4 Å². The zero-order valence-electron chi connectivity index (χ0n) is 12.5. The minimum absolute atomic E-state index is 0.223. The lowest BCUT2D eigenvalue weighted by Gasteiger charge is -2.22. The summed E-state index contributed by atoms with van der Waals surface area (Å²) in [5.41, 5.74) is 0.589. The summed E-state index contributed by atoms with van der Waals surface area (Å²) in [5, 5.41) is 3.48. The Hall–Kier alpha value is -1.47. The Balaban J connectivity index is 2.24. The van der Waals surface area contributed by atoms with Crippen LogP contribution < -0.4 is 9.62 Å². The highest BCUT2D eigenvalue weighted by Gasteiger charge is 2.22. The van der Waals surface area contributed by atoms with E-state index in [1.807, 2.05) is 0 Å². The Bertz CT molecular complexity index is 852. The maximum absolute atomic E-state index is 12.2. The molecule has 0 spiro atoms. The van der Waals surface area contributed by atoms with Crippen molar-refractivity contribution >= 4 is 62.1 Å². The highest BCUT2D eigenvalue weighted by molar-refractivity contribution is 7.92. The van der Waals surface area contributed by atoms with Gasteiger partial charge >= 0.3 is 0 Å². The Morgan fingerprint density at radius 3 is 2.21 bits per heavy atom. The molecule has 0 aliphatic heterocycles. The van der Waals surface area contributed by atoms with Crippen molar-refractivity contribution < 1.29 is 13.2 Å². The van der Waals surface area contributed by atoms with Gasteiger partial charge in [0.2, 0.25) is 15.9 Å². The highest BCUT2D eigenvalue weighted by Crippen LogP contribution is 2.27. The molecule has 0 aliphatic rings. The smallest absolute Gasteiger partial charge is 0.245 e. The van der Waals surface area contributed by atoms with E-state index in [1.54, 1.807) is 18.2 Å². The van der Waals surface area contributed by atoms with Crippen LogP contribution in [0.1, 0.15) is 0 Å². The average molecular weight is 408 g/mol. The molecule has 2 rings (SSSR count). The van der Waals surface area contributed by atoms with Gasteiger partial charge in [-0.3, -0.25) is 9.10 Å². The molecule has 2 aromatic rings. The predicted molar refractivity (Wildman–Crippen MR) is 98.7 cm³/mol. The minimum atomic E-state index is -3.71. The molecule has 1 N–H and O–H groups in total. The molecule has 0 bridgehead atoms. The van der Waals surface area contributed by atoms with Crippen LogP contribution in [0.25, 0.3) is 0 Å². The number of halogens is 3. The predicted octanol–water partition coefficient (Wildman–Crippen LogP) is 4.05. The molecule has 128 valence electrons. The van der Waals surface area contributed by atoms with Crippen LogP contribution in [0, 0.1) is 0 Å². The van der Waals surface area contributed by atoms with Crippen LogP contribution in [0.2, 0.25) is 15.1 Å². The Kier molecular flexibility index (Phi) is 5.98. The molecule has 5 nitrogen and oxygen atoms in total. The summed E-state index contributed by atoms with van der Waals surface area (Å²) in [5.74, 6) is -0.557. The number of amides is 1. The number of sulfonamides is 1. The molecule has 0 saturated carbocycles. The van der Waals surface area contributed by atoms with Crippen LogP contribution >= 0.6 is 34.8 Å². The van der Waals surface area contributed by atoms with Crippen molar-refractivity contribution in [2.24, 2.45) is 0 Å². The third-order valence-electron chi connectivity index (χ3n) is 2.96. The van der Waals surface area contributed by atoms with E-state index >= 15 is 0 Å². The molecular formula is C15H13Cl3N2O3S. The van der Waals surface area contributed by atoms with Crippen molar-refractivity contribution in [3.05, 3.63) is 57.5 Å². The van der Waals surface area contributed by atoms with Crippen molar-refractivity contribution in [1.82, 2.24) is 0 Å². The van der Waals surface area contributed by atoms with Crippen LogP contribution in [0.15, 0.2) is 42.5 Å². The van der Waals surface area contributed by atoms with Gasteiger partial charge in [0.15, 0.2) is 0 Å². The van der Waals surface area contributed by atoms with Gasteiger partial charge in [0.05, 0.1) is 17.0 Å². The van der Waals surface area contributed by atoms with Crippen molar-refractivity contribution in [2.45, 2.75) is 0 Å². The highest BCUT2D eigenvalue weighted by atomic mass is 35.5. The number of anilines is 2. The molecule has 1 amide bonds. The molecule has 0 aromatic heterocycles. The molecule has 0 atom stereocenters. The molecule has 2 aromatic carbocycles. The first-order valence-electron chi connectivity index (χ1n) is 6.65. The van der Waals surface area contributed by atoms with E-state index in [-0.39, 0.29) is 10.7 Å². The lowest BCUT2D eigenvalue weighted by molar-refractivity contribution is -0.114. The Morgan fingerprint density at radius 1 is 1.08 bits per heavy atom. The molecule has 0 heterocycles. The van der Waals surface area contributed by atoms with Crippen molar-refractivity contribution in [2.75, 3.05) is 22.4 Å². The number of carbonyl (C=O) groups excluding carboxylic acids is 1. The zero-order chi connectivity index (χ0) is 17.9. The number of benzene rings is 2. The standard InChI is InChI=1S/C15H13Cl3N2O3S/c1-24(22,23)20(14-5-3-2-4-13(14)18)9-15(21)19-12-7-10(16)6-11(17)8-12/h2-8H,9H2,1H3,(H,19,21). The molecule has 0 radical (unpaired) electrons. The third-order valence-corrected chi connectivity index (χ3v) is 4.84. The van der Waals surface area contributed by atoms with E-state index in [0.29, 0.717) is 15.7 Å². The number of carbonyl (C=O) groups is 1. The number of para-hydroxylation sites is 1. The normalized spacial score (nSPS) is 11.2. The summed E-state index contributed by atoms with van der Waals surface area (Å²) in [4.78, 5) is 12.2. The summed E-state index contributed by atoms with van der Waals surface area (Å²) in [6, 6.07) is 10.9. The van der Waals surface area contributed by atoms with E-state index in [0.717, 1.165) is 10.6 Å². The Morgan fingerprint density at radius 2 is 1.67 bits per heavy atom. The molecular weight excluding hydrogens is 395 g/mol. The number of nitrogens with one attached hydrogen (secondary N) is 1. The van der Waals surface area contributed by atoms with Crippen molar-refractivity contribution in [3.8, 4) is 0 Å². The van der Waals surface area contributed by atoms with Crippen LogP contribution in [-0.4, -0.2) is 27.1 Å². The summed E-state index contributed by atoms with van der Waals surface area (Å²) in [6.07, 6.45) is 1.000. The maximum Gasteiger partial charge on any atom is 0.245 e. The zero-order valence-corrected chi connectivity index (χ0v) is 15.5. The van der Waals surface area contributed by atoms with Crippen molar-refractivity contribution in [1.29, 1.82) is 0 Å². The third kappa shape index (κ3) is 5.01. The quantitative estimate of drug-likeness (QED) is 0.813. The lowest BCUT2D eigenvalue weighted by Crippen LogP contribution is -2.37. The maximum atomic E-state index is 12.2. The van der Waals surface area contributed by atoms with Crippen LogP contribution in [0.5, 0.6) is 0 Å². The van der Waals surface area contributed by atoms with E-state index in [9.17, 15) is 13.2 Å². The van der Waals surface area contributed by atoms with E-state index in [2.05, 4.69) is 5.32 Å². The summed E-state index contributed by atoms with van der Waals surface area (Å²) in [6.45, 7) is -0.438. The fourth-order valence-corrected chi connectivity index (χ4v) is 3.67. The van der Waals surface area contributed by atoms with Gasteiger partial charge in [0.1, 0.15) is 6.54 Å². The Labute approximate surface area is 155 Å². The molecule has 0 saturated heterocycles. The van der Waals surface area contributed by atoms with Crippen molar-refractivity contribution in [3.63, 3.8) is 0 Å². The van der Waals surface area contributed by atoms with E-state index < -0.39 is 22.5 Å². The molecule has 0 fully saturated rings. The topological polar surface area (TPSA) is 66.5 Å². The molecule has 9 heteroatoms. The monoisotopic (exact) mass is 406 g/mol. The van der Waals surface area contributed by atoms with Gasteiger partial charge in [-0.1, -0.05) is 46.9 Å². The second-order valence-corrected chi connectivity index (χ2v) is 8.11. The lowest BCUT2D eigenvalue weighted by atomic mass is 10.3. The van der Waals surface area contributed by atoms with Gasteiger partial charge in [0.25, 0.3) is 0 Å². The number of nitrogens with zero attached hydrogens (tertiary/aromatic N) is 1. The second kappa shape index (κ2) is 7.61. The van der Waals surface area contributed by atoms with Gasteiger partial charge in [-0.15, -0.1) is 0 Å². The molecule has 0 aliphatic carbocycles. The molecule has 0 unspecified atom stereocenters. The second-order valence-electron chi connectivity index (χ2n) is 4.93. The van der Waals surface area contributed by atoms with Crippen LogP contribution in [-0.2, 0) is 14.8 Å². The number of hydrogen-bond acceptors (Lipinski definition) is 3. The minimum Gasteiger partial charge on any atom is -0.324 e. The molecule has 24 heavy (non-hydrogen) atoms. The fraction of sp³-hybridized carbons (Fsp3) is 0.133. The summed E-state index contributed by atoms with van der Waals surface area (Å²) >= 11 is 17.8. The summed E-state index contributed by atoms with van der Waals surface area (Å²) in [7, 11) is -3.71. The van der Waals surface area contributed by atoms with Gasteiger partial charge in [-0.25, -0.2) is 8.42 Å². The summed E-state index contributed by atoms with van der Waals surface area (Å²) < 4.78 is 25.0. The largest absolute Gasteiger partial charge is 0.324 e. The van der Waals surface area contributed by atoms with Gasteiger partial charge in [0, 0.05) is 15.7 Å². The first-order valence-corrected chi connectivity index (χ1v) is 9.63. The first kappa shape index (κ1) is 18.9. The van der Waals surface area contributed by atoms with E-state index in [4.69, 9.17) is 34.8 Å². The van der Waals surface area contributed by atoms with Gasteiger partial charge in [-0.2, -0.15) is 0 Å².